The van der Waals surface area contributed by atoms with Crippen LogP contribution in [0.2, 0.25) is 0 Å². The second-order valence-electron chi connectivity index (χ2n) is 4.31. The predicted octanol–water partition coefficient (Wildman–Crippen LogP) is 5.36. The standard InChI is InChI=1S/C14H27FO/c1-2-3-4-5-6-7-8-9-10-11-13-16-14-12-15/h12,14H,2-11,13H2,1H3/b14-12+. The Kier molecular flexibility index (Phi) is 14.0. The molecule has 0 aliphatic rings. The fourth-order valence-electron chi connectivity index (χ4n) is 1.78. The second kappa shape index (κ2) is 14.5. The first-order valence-electron chi connectivity index (χ1n) is 6.78. The minimum atomic E-state index is 0.441. The van der Waals surface area contributed by atoms with Crippen LogP contribution in [0, 0.1) is 0 Å². The van der Waals surface area contributed by atoms with Crippen molar-refractivity contribution in [1.29, 1.82) is 0 Å². The van der Waals surface area contributed by atoms with Crippen molar-refractivity contribution in [2.75, 3.05) is 6.61 Å². The maximum atomic E-state index is 11.5. The molecular formula is C14H27FO. The average molecular weight is 230 g/mol. The van der Waals surface area contributed by atoms with Gasteiger partial charge in [-0.1, -0.05) is 64.7 Å². The van der Waals surface area contributed by atoms with Crippen molar-refractivity contribution in [3.05, 3.63) is 12.6 Å². The van der Waals surface area contributed by atoms with Gasteiger partial charge in [0.25, 0.3) is 0 Å². The normalized spacial score (nSPS) is 11.1. The summed E-state index contributed by atoms with van der Waals surface area (Å²) >= 11 is 0. The molecule has 96 valence electrons. The highest BCUT2D eigenvalue weighted by Gasteiger charge is 1.92. The van der Waals surface area contributed by atoms with Crippen molar-refractivity contribution in [3.8, 4) is 0 Å². The molecule has 0 amide bonds. The molecule has 0 N–H and O–H groups in total. The lowest BCUT2D eigenvalue weighted by atomic mass is 10.1. The third kappa shape index (κ3) is 13.5. The van der Waals surface area contributed by atoms with E-state index in [2.05, 4.69) is 6.92 Å². The van der Waals surface area contributed by atoms with Gasteiger partial charge in [0.05, 0.1) is 6.61 Å². The molecule has 2 heteroatoms. The summed E-state index contributed by atoms with van der Waals surface area (Å²) in [4.78, 5) is 0. The van der Waals surface area contributed by atoms with E-state index in [0.29, 0.717) is 12.9 Å². The summed E-state index contributed by atoms with van der Waals surface area (Å²) < 4.78 is 16.4. The van der Waals surface area contributed by atoms with Crippen LogP contribution >= 0.6 is 0 Å². The van der Waals surface area contributed by atoms with Crippen LogP contribution in [-0.4, -0.2) is 6.61 Å². The van der Waals surface area contributed by atoms with Gasteiger partial charge in [-0.2, -0.15) is 0 Å². The molecule has 0 unspecified atom stereocenters. The number of ether oxygens (including phenoxy) is 1. The van der Waals surface area contributed by atoms with Gasteiger partial charge in [-0.05, 0) is 6.42 Å². The minimum absolute atomic E-state index is 0.441. The Hall–Kier alpha value is -0.530. The van der Waals surface area contributed by atoms with Gasteiger partial charge in [-0.15, -0.1) is 0 Å². The Bertz CT molecular complexity index is 146. The van der Waals surface area contributed by atoms with E-state index in [1.165, 1.54) is 57.8 Å². The highest BCUT2D eigenvalue weighted by atomic mass is 19.1. The van der Waals surface area contributed by atoms with Gasteiger partial charge in [0, 0.05) is 0 Å². The number of unbranched alkanes of at least 4 members (excludes halogenated alkanes) is 9. The monoisotopic (exact) mass is 230 g/mol. The molecule has 0 bridgehead atoms. The molecule has 0 spiro atoms. The molecule has 0 aromatic carbocycles. The van der Waals surface area contributed by atoms with E-state index in [-0.39, 0.29) is 0 Å². The van der Waals surface area contributed by atoms with Gasteiger partial charge in [-0.25, -0.2) is 4.39 Å². The van der Waals surface area contributed by atoms with Crippen molar-refractivity contribution in [3.63, 3.8) is 0 Å². The molecule has 0 heterocycles. The van der Waals surface area contributed by atoms with Gasteiger partial charge in [-0.3, -0.25) is 0 Å². The summed E-state index contributed by atoms with van der Waals surface area (Å²) in [6, 6.07) is 0. The third-order valence-corrected chi connectivity index (χ3v) is 2.76. The van der Waals surface area contributed by atoms with Gasteiger partial charge < -0.3 is 4.74 Å². The fourth-order valence-corrected chi connectivity index (χ4v) is 1.78. The summed E-state index contributed by atoms with van der Waals surface area (Å²) in [5.41, 5.74) is 0. The van der Waals surface area contributed by atoms with E-state index in [1.807, 2.05) is 0 Å². The van der Waals surface area contributed by atoms with Crippen LogP contribution in [0.1, 0.15) is 71.1 Å². The summed E-state index contributed by atoms with van der Waals surface area (Å²) in [5.74, 6) is 0. The van der Waals surface area contributed by atoms with Crippen LogP contribution < -0.4 is 0 Å². The lowest BCUT2D eigenvalue weighted by Crippen LogP contribution is -1.88. The largest absolute Gasteiger partial charge is 0.499 e. The van der Waals surface area contributed by atoms with Crippen molar-refractivity contribution < 1.29 is 9.13 Å². The quantitative estimate of drug-likeness (QED) is 0.324. The maximum absolute atomic E-state index is 11.5. The number of rotatable bonds is 12. The first kappa shape index (κ1) is 15.5. The summed E-state index contributed by atoms with van der Waals surface area (Å²) in [7, 11) is 0. The SMILES string of the molecule is CCCCCCCCCCCCO/C=C/F. The zero-order valence-corrected chi connectivity index (χ0v) is 10.7. The van der Waals surface area contributed by atoms with Crippen molar-refractivity contribution >= 4 is 0 Å². The fraction of sp³-hybridized carbons (Fsp3) is 0.857. The lowest BCUT2D eigenvalue weighted by Gasteiger charge is -2.02. The Morgan fingerprint density at radius 1 is 0.812 bits per heavy atom. The lowest BCUT2D eigenvalue weighted by molar-refractivity contribution is 0.236. The Labute approximate surface area is 100 Å². The van der Waals surface area contributed by atoms with Gasteiger partial charge in [0.15, 0.2) is 0 Å². The van der Waals surface area contributed by atoms with Gasteiger partial charge in [0.2, 0.25) is 0 Å². The van der Waals surface area contributed by atoms with Crippen molar-refractivity contribution in [2.45, 2.75) is 71.1 Å². The van der Waals surface area contributed by atoms with Crippen molar-refractivity contribution in [1.82, 2.24) is 0 Å². The molecule has 0 rings (SSSR count). The van der Waals surface area contributed by atoms with E-state index >= 15 is 0 Å². The molecule has 0 radical (unpaired) electrons. The molecule has 0 aromatic heterocycles. The molecule has 0 fully saturated rings. The van der Waals surface area contributed by atoms with E-state index in [1.54, 1.807) is 0 Å². The van der Waals surface area contributed by atoms with Crippen LogP contribution in [0.5, 0.6) is 0 Å². The Morgan fingerprint density at radius 3 is 1.81 bits per heavy atom. The van der Waals surface area contributed by atoms with Gasteiger partial charge >= 0.3 is 0 Å². The molecular weight excluding hydrogens is 203 g/mol. The molecule has 0 aliphatic heterocycles. The van der Waals surface area contributed by atoms with Crippen LogP contribution in [0.15, 0.2) is 12.6 Å². The molecule has 16 heavy (non-hydrogen) atoms. The Balaban J connectivity index is 2.88. The average Bonchev–Trinajstić information content (AvgIpc) is 2.31. The first-order valence-corrected chi connectivity index (χ1v) is 6.78. The van der Waals surface area contributed by atoms with E-state index in [9.17, 15) is 4.39 Å². The molecule has 1 nitrogen and oxygen atoms in total. The van der Waals surface area contributed by atoms with Crippen LogP contribution in [-0.2, 0) is 4.74 Å². The number of halogens is 1. The van der Waals surface area contributed by atoms with Crippen LogP contribution in [0.3, 0.4) is 0 Å². The number of hydrogen-bond donors (Lipinski definition) is 0. The molecule has 0 saturated carbocycles. The van der Waals surface area contributed by atoms with E-state index in [0.717, 1.165) is 12.7 Å². The summed E-state index contributed by atoms with van der Waals surface area (Å²) in [6.07, 6.45) is 14.7. The number of hydrogen-bond acceptors (Lipinski definition) is 1. The smallest absolute Gasteiger partial charge is 0.121 e. The highest BCUT2D eigenvalue weighted by Crippen LogP contribution is 2.10. The zero-order valence-electron chi connectivity index (χ0n) is 10.7. The highest BCUT2D eigenvalue weighted by molar-refractivity contribution is 4.57. The Morgan fingerprint density at radius 2 is 1.31 bits per heavy atom. The van der Waals surface area contributed by atoms with Crippen LogP contribution in [0.25, 0.3) is 0 Å². The van der Waals surface area contributed by atoms with Crippen LogP contribution in [0.4, 0.5) is 4.39 Å². The maximum Gasteiger partial charge on any atom is 0.121 e. The van der Waals surface area contributed by atoms with E-state index in [4.69, 9.17) is 4.74 Å². The topological polar surface area (TPSA) is 9.23 Å². The molecule has 0 saturated heterocycles. The second-order valence-corrected chi connectivity index (χ2v) is 4.31. The first-order chi connectivity index (χ1) is 7.91. The summed E-state index contributed by atoms with van der Waals surface area (Å²) in [6.45, 7) is 2.90. The molecule has 0 aromatic rings. The third-order valence-electron chi connectivity index (χ3n) is 2.76. The zero-order chi connectivity index (χ0) is 11.9. The predicted molar refractivity (Wildman–Crippen MR) is 68.0 cm³/mol. The molecule has 0 aliphatic carbocycles. The summed E-state index contributed by atoms with van der Waals surface area (Å²) in [5, 5.41) is 0. The molecule has 0 atom stereocenters. The van der Waals surface area contributed by atoms with Crippen molar-refractivity contribution in [2.24, 2.45) is 0 Å². The minimum Gasteiger partial charge on any atom is -0.499 e. The van der Waals surface area contributed by atoms with E-state index < -0.39 is 0 Å². The van der Waals surface area contributed by atoms with Gasteiger partial charge in [0.1, 0.15) is 12.6 Å².